The Kier molecular flexibility index (Phi) is 6.60. The summed E-state index contributed by atoms with van der Waals surface area (Å²) >= 11 is 6.33. The van der Waals surface area contributed by atoms with Gasteiger partial charge >= 0.3 is 0 Å². The summed E-state index contributed by atoms with van der Waals surface area (Å²) in [6.07, 6.45) is 4.41. The summed E-state index contributed by atoms with van der Waals surface area (Å²) < 4.78 is 6.24. The van der Waals surface area contributed by atoms with Crippen molar-refractivity contribution < 1.29 is 14.3 Å². The Morgan fingerprint density at radius 2 is 2.09 bits per heavy atom. The number of hydrogen-bond acceptors (Lipinski definition) is 4. The van der Waals surface area contributed by atoms with Crippen LogP contribution in [0.5, 0.6) is 0 Å². The second-order valence-electron chi connectivity index (χ2n) is 9.75. The van der Waals surface area contributed by atoms with E-state index in [1.54, 1.807) is 4.90 Å². The van der Waals surface area contributed by atoms with Crippen molar-refractivity contribution in [1.29, 1.82) is 0 Å². The minimum atomic E-state index is -0.713. The predicted molar refractivity (Wildman–Crippen MR) is 137 cm³/mol. The van der Waals surface area contributed by atoms with Crippen LogP contribution in [0, 0.1) is 18.8 Å². The molecule has 0 unspecified atom stereocenters. The molecule has 4 atom stereocenters. The number of halogens is 1. The number of hydrogen-bond donors (Lipinski definition) is 1. The molecule has 2 bridgehead atoms. The Morgan fingerprint density at radius 3 is 2.86 bits per heavy atom. The molecule has 184 valence electrons. The molecule has 1 spiro atoms. The number of ether oxygens (including phenoxy) is 1. The quantitative estimate of drug-likeness (QED) is 0.424. The van der Waals surface area contributed by atoms with E-state index in [2.05, 4.69) is 48.3 Å². The van der Waals surface area contributed by atoms with E-state index >= 15 is 0 Å². The molecular weight excluding hydrogens is 462 g/mol. The third-order valence-electron chi connectivity index (χ3n) is 7.45. The average molecular weight is 494 g/mol. The lowest BCUT2D eigenvalue weighted by Crippen LogP contribution is -2.44. The van der Waals surface area contributed by atoms with Gasteiger partial charge in [-0.2, -0.15) is 0 Å². The smallest absolute Gasteiger partial charge is 0.230 e. The number of likely N-dealkylation sites (tertiary alicyclic amines) is 1. The van der Waals surface area contributed by atoms with E-state index in [0.29, 0.717) is 24.7 Å². The van der Waals surface area contributed by atoms with Crippen molar-refractivity contribution in [3.8, 4) is 0 Å². The highest BCUT2D eigenvalue weighted by Crippen LogP contribution is 2.52. The van der Waals surface area contributed by atoms with Gasteiger partial charge in [0.05, 0.1) is 24.5 Å². The molecule has 3 aliphatic heterocycles. The van der Waals surface area contributed by atoms with Crippen molar-refractivity contribution in [1.82, 2.24) is 10.2 Å². The largest absolute Gasteiger partial charge is 0.372 e. The van der Waals surface area contributed by atoms with Gasteiger partial charge in [-0.3, -0.25) is 9.59 Å². The zero-order valence-corrected chi connectivity index (χ0v) is 21.0. The molecular formula is C28H32ClN3O3. The maximum absolute atomic E-state index is 13.4. The summed E-state index contributed by atoms with van der Waals surface area (Å²) in [6.45, 7) is 7.41. The van der Waals surface area contributed by atoms with Gasteiger partial charge in [0.1, 0.15) is 5.60 Å². The third-order valence-corrected chi connectivity index (χ3v) is 7.82. The number of anilines is 1. The van der Waals surface area contributed by atoms with Gasteiger partial charge in [-0.25, -0.2) is 0 Å². The summed E-state index contributed by atoms with van der Waals surface area (Å²) in [5, 5.41) is 3.72. The molecule has 2 saturated heterocycles. The number of benzene rings is 2. The standard InChI is InChI=1S/C28H32ClN3O3/c1-3-31(21-10-6-8-19(2)16-21)15-7-14-30-26(33)24-23-12-13-28(35-23)18-32(27(34)25(24)28)17-20-9-4-5-11-22(20)29/h4-6,8-13,16,23-25H,3,7,14-15,17-18H2,1-2H3,(H,30,33)/t23-,24+,25-,28+/m0/s1. The van der Waals surface area contributed by atoms with E-state index in [4.69, 9.17) is 16.3 Å². The van der Waals surface area contributed by atoms with Crippen LogP contribution in [0.4, 0.5) is 5.69 Å². The summed E-state index contributed by atoms with van der Waals surface area (Å²) in [6, 6.07) is 16.0. The second kappa shape index (κ2) is 9.67. The fourth-order valence-corrected chi connectivity index (χ4v) is 5.93. The van der Waals surface area contributed by atoms with E-state index in [0.717, 1.165) is 25.1 Å². The molecule has 0 radical (unpaired) electrons. The molecule has 2 fully saturated rings. The Morgan fingerprint density at radius 1 is 1.26 bits per heavy atom. The van der Waals surface area contributed by atoms with E-state index in [9.17, 15) is 9.59 Å². The number of amides is 2. The van der Waals surface area contributed by atoms with Crippen molar-refractivity contribution in [2.24, 2.45) is 11.8 Å². The first-order valence-corrected chi connectivity index (χ1v) is 12.8. The fraction of sp³-hybridized carbons (Fsp3) is 0.429. The van der Waals surface area contributed by atoms with E-state index in [-0.39, 0.29) is 17.9 Å². The first kappa shape index (κ1) is 23.9. The van der Waals surface area contributed by atoms with Crippen LogP contribution in [-0.2, 0) is 20.9 Å². The zero-order chi connectivity index (χ0) is 24.6. The Labute approximate surface area is 211 Å². The molecule has 3 heterocycles. The Hall–Kier alpha value is -2.83. The maximum atomic E-state index is 13.4. The first-order valence-electron chi connectivity index (χ1n) is 12.4. The van der Waals surface area contributed by atoms with Gasteiger partial charge in [0.25, 0.3) is 0 Å². The van der Waals surface area contributed by atoms with Crippen molar-refractivity contribution in [3.05, 3.63) is 76.8 Å². The van der Waals surface area contributed by atoms with Gasteiger partial charge < -0.3 is 19.9 Å². The third kappa shape index (κ3) is 4.45. The van der Waals surface area contributed by atoms with Crippen LogP contribution in [0.1, 0.15) is 24.5 Å². The molecule has 0 saturated carbocycles. The molecule has 35 heavy (non-hydrogen) atoms. The van der Waals surface area contributed by atoms with Crippen LogP contribution in [0.2, 0.25) is 5.02 Å². The molecule has 5 rings (SSSR count). The molecule has 0 aromatic heterocycles. The van der Waals surface area contributed by atoms with Gasteiger partial charge in [-0.1, -0.05) is 54.1 Å². The highest BCUT2D eigenvalue weighted by Gasteiger charge is 2.66. The lowest BCUT2D eigenvalue weighted by atomic mass is 9.77. The van der Waals surface area contributed by atoms with Crippen LogP contribution in [0.3, 0.4) is 0 Å². The molecule has 7 heteroatoms. The monoisotopic (exact) mass is 493 g/mol. The zero-order valence-electron chi connectivity index (χ0n) is 20.2. The van der Waals surface area contributed by atoms with Crippen molar-refractivity contribution >= 4 is 29.1 Å². The lowest BCUT2D eigenvalue weighted by Gasteiger charge is -2.25. The number of aryl methyl sites for hydroxylation is 1. The van der Waals surface area contributed by atoms with Crippen LogP contribution >= 0.6 is 11.6 Å². The maximum Gasteiger partial charge on any atom is 0.230 e. The number of fused-ring (bicyclic) bond motifs is 1. The Bertz CT molecular complexity index is 1150. The van der Waals surface area contributed by atoms with Crippen molar-refractivity contribution in [3.63, 3.8) is 0 Å². The normalized spacial score (nSPS) is 26.3. The number of nitrogens with zero attached hydrogens (tertiary/aromatic N) is 2. The van der Waals surface area contributed by atoms with Crippen molar-refractivity contribution in [2.45, 2.75) is 38.5 Å². The van der Waals surface area contributed by atoms with Crippen LogP contribution in [0.25, 0.3) is 0 Å². The second-order valence-corrected chi connectivity index (χ2v) is 10.2. The van der Waals surface area contributed by atoms with Gasteiger partial charge in [0, 0.05) is 36.9 Å². The number of carbonyl (C=O) groups is 2. The van der Waals surface area contributed by atoms with Crippen LogP contribution in [0.15, 0.2) is 60.7 Å². The molecule has 2 aromatic carbocycles. The number of rotatable bonds is 9. The first-order chi connectivity index (χ1) is 16.9. The van der Waals surface area contributed by atoms with E-state index in [1.807, 2.05) is 36.4 Å². The fourth-order valence-electron chi connectivity index (χ4n) is 5.74. The van der Waals surface area contributed by atoms with Gasteiger partial charge in [-0.15, -0.1) is 0 Å². The highest BCUT2D eigenvalue weighted by atomic mass is 35.5. The summed E-state index contributed by atoms with van der Waals surface area (Å²) in [4.78, 5) is 30.8. The molecule has 3 aliphatic rings. The molecule has 1 N–H and O–H groups in total. The lowest BCUT2D eigenvalue weighted by molar-refractivity contribution is -0.137. The molecule has 0 aliphatic carbocycles. The minimum absolute atomic E-state index is 0.0338. The SMILES string of the molecule is CCN(CCCNC(=O)[C@@H]1[C@@H]2C=C[C@]3(CN(Cc4ccccc4Cl)C(=O)[C@H]13)O2)c1cccc(C)c1. The topological polar surface area (TPSA) is 61.9 Å². The van der Waals surface area contributed by atoms with Crippen LogP contribution in [-0.4, -0.2) is 54.6 Å². The summed E-state index contributed by atoms with van der Waals surface area (Å²) in [5.41, 5.74) is 2.61. The minimum Gasteiger partial charge on any atom is -0.372 e. The Balaban J connectivity index is 1.20. The highest BCUT2D eigenvalue weighted by molar-refractivity contribution is 6.31. The molecule has 2 aromatic rings. The van der Waals surface area contributed by atoms with Gasteiger partial charge in [0.15, 0.2) is 0 Å². The number of nitrogens with one attached hydrogen (secondary N) is 1. The predicted octanol–water partition coefficient (Wildman–Crippen LogP) is 3.96. The van der Waals surface area contributed by atoms with Gasteiger partial charge in [-0.05, 0) is 49.6 Å². The van der Waals surface area contributed by atoms with Crippen molar-refractivity contribution in [2.75, 3.05) is 31.1 Å². The number of carbonyl (C=O) groups excluding carboxylic acids is 2. The molecule has 6 nitrogen and oxygen atoms in total. The molecule has 2 amide bonds. The van der Waals surface area contributed by atoms with E-state index in [1.165, 1.54) is 11.3 Å². The summed E-state index contributed by atoms with van der Waals surface area (Å²) in [5.74, 6) is -1.12. The van der Waals surface area contributed by atoms with Crippen LogP contribution < -0.4 is 10.2 Å². The van der Waals surface area contributed by atoms with Gasteiger partial charge in [0.2, 0.25) is 11.8 Å². The average Bonchev–Trinajstić information content (AvgIpc) is 3.48. The van der Waals surface area contributed by atoms with E-state index < -0.39 is 17.4 Å². The summed E-state index contributed by atoms with van der Waals surface area (Å²) in [7, 11) is 0.